The van der Waals surface area contributed by atoms with Gasteiger partial charge >= 0.3 is 0 Å². The van der Waals surface area contributed by atoms with Gasteiger partial charge in [0.25, 0.3) is 0 Å². The van der Waals surface area contributed by atoms with E-state index in [0.29, 0.717) is 5.91 Å². The highest BCUT2D eigenvalue weighted by Crippen LogP contribution is 2.16. The summed E-state index contributed by atoms with van der Waals surface area (Å²) in [6.07, 6.45) is 5.61. The van der Waals surface area contributed by atoms with E-state index in [2.05, 4.69) is 6.92 Å². The molecule has 1 fully saturated rings. The molecule has 1 aliphatic rings. The van der Waals surface area contributed by atoms with Gasteiger partial charge in [-0.1, -0.05) is 33.1 Å². The third kappa shape index (κ3) is 3.82. The summed E-state index contributed by atoms with van der Waals surface area (Å²) in [5.41, 5.74) is 5.79. The van der Waals surface area contributed by atoms with Crippen molar-refractivity contribution < 1.29 is 4.79 Å². The number of carbonyl (C=O) groups excluding carboxylic acids is 1. The minimum Gasteiger partial charge on any atom is -0.341 e. The van der Waals surface area contributed by atoms with E-state index >= 15 is 0 Å². The monoisotopic (exact) mass is 212 g/mol. The summed E-state index contributed by atoms with van der Waals surface area (Å²) in [5.74, 6) is 0.487. The van der Waals surface area contributed by atoms with Gasteiger partial charge in [-0.15, -0.1) is 0 Å². The van der Waals surface area contributed by atoms with E-state index in [1.165, 1.54) is 19.3 Å². The van der Waals surface area contributed by atoms with E-state index in [1.54, 1.807) is 0 Å². The zero-order chi connectivity index (χ0) is 11.3. The number of nitrogens with two attached hydrogens (primary N) is 1. The van der Waals surface area contributed by atoms with Crippen LogP contribution in [-0.4, -0.2) is 29.9 Å². The van der Waals surface area contributed by atoms with Crippen molar-refractivity contribution in [3.63, 3.8) is 0 Å². The average molecular weight is 212 g/mol. The van der Waals surface area contributed by atoms with Gasteiger partial charge in [0.1, 0.15) is 0 Å². The first-order valence-electron chi connectivity index (χ1n) is 6.19. The van der Waals surface area contributed by atoms with Crippen molar-refractivity contribution >= 4 is 5.91 Å². The molecule has 0 saturated carbocycles. The van der Waals surface area contributed by atoms with Crippen LogP contribution in [0.1, 0.15) is 46.0 Å². The molecule has 2 unspecified atom stereocenters. The zero-order valence-electron chi connectivity index (χ0n) is 10.0. The van der Waals surface area contributed by atoms with E-state index in [1.807, 2.05) is 11.8 Å². The van der Waals surface area contributed by atoms with Crippen LogP contribution in [0.2, 0.25) is 0 Å². The lowest BCUT2D eigenvalue weighted by Crippen LogP contribution is -2.35. The summed E-state index contributed by atoms with van der Waals surface area (Å²) < 4.78 is 0. The molecule has 1 aliphatic heterocycles. The number of nitrogens with zero attached hydrogens (tertiary/aromatic N) is 1. The Bertz CT molecular complexity index is 206. The second-order valence-corrected chi connectivity index (χ2v) is 4.73. The second kappa shape index (κ2) is 6.11. The Balaban J connectivity index is 2.26. The summed E-state index contributed by atoms with van der Waals surface area (Å²) >= 11 is 0. The van der Waals surface area contributed by atoms with Crippen LogP contribution in [0.5, 0.6) is 0 Å². The Morgan fingerprint density at radius 2 is 2.27 bits per heavy atom. The van der Waals surface area contributed by atoms with Crippen LogP contribution in [0.15, 0.2) is 0 Å². The molecular weight excluding hydrogens is 188 g/mol. The van der Waals surface area contributed by atoms with Crippen LogP contribution in [0.25, 0.3) is 0 Å². The summed E-state index contributed by atoms with van der Waals surface area (Å²) in [6, 6.07) is 0.205. The van der Waals surface area contributed by atoms with Gasteiger partial charge in [0, 0.05) is 25.0 Å². The molecule has 88 valence electrons. The smallest absolute Gasteiger partial charge is 0.225 e. The Labute approximate surface area is 93.0 Å². The Hall–Kier alpha value is -0.570. The Morgan fingerprint density at radius 3 is 2.80 bits per heavy atom. The molecular formula is C12H24N2O. The summed E-state index contributed by atoms with van der Waals surface area (Å²) in [4.78, 5) is 13.9. The average Bonchev–Trinajstić information content (AvgIpc) is 2.64. The van der Waals surface area contributed by atoms with Crippen LogP contribution in [-0.2, 0) is 4.79 Å². The third-order valence-corrected chi connectivity index (χ3v) is 3.20. The second-order valence-electron chi connectivity index (χ2n) is 4.73. The molecule has 1 rings (SSSR count). The van der Waals surface area contributed by atoms with Gasteiger partial charge < -0.3 is 10.6 Å². The van der Waals surface area contributed by atoms with Crippen molar-refractivity contribution in [2.75, 3.05) is 13.1 Å². The van der Waals surface area contributed by atoms with Crippen molar-refractivity contribution in [2.24, 2.45) is 11.7 Å². The highest BCUT2D eigenvalue weighted by molar-refractivity contribution is 5.78. The van der Waals surface area contributed by atoms with E-state index in [0.717, 1.165) is 25.9 Å². The van der Waals surface area contributed by atoms with Crippen LogP contribution in [0.3, 0.4) is 0 Å². The molecule has 1 heterocycles. The predicted molar refractivity (Wildman–Crippen MR) is 62.5 cm³/mol. The molecule has 0 bridgehead atoms. The number of unbranched alkanes of at least 4 members (excludes halogenated alkanes) is 2. The maximum Gasteiger partial charge on any atom is 0.225 e. The standard InChI is InChI=1S/C12H24N2O/c1-3-4-5-6-10(2)12(15)14-8-7-11(13)9-14/h10-11H,3-9,13H2,1-2H3. The molecule has 3 nitrogen and oxygen atoms in total. The van der Waals surface area contributed by atoms with Crippen molar-refractivity contribution in [3.05, 3.63) is 0 Å². The number of carbonyl (C=O) groups is 1. The topological polar surface area (TPSA) is 46.3 Å². The van der Waals surface area contributed by atoms with Gasteiger partial charge in [-0.2, -0.15) is 0 Å². The highest BCUT2D eigenvalue weighted by Gasteiger charge is 2.26. The summed E-state index contributed by atoms with van der Waals surface area (Å²) in [5, 5.41) is 0. The van der Waals surface area contributed by atoms with Gasteiger partial charge in [0.05, 0.1) is 0 Å². The van der Waals surface area contributed by atoms with Gasteiger partial charge in [-0.05, 0) is 12.8 Å². The molecule has 0 aromatic carbocycles. The lowest BCUT2D eigenvalue weighted by molar-refractivity contribution is -0.134. The largest absolute Gasteiger partial charge is 0.341 e. The van der Waals surface area contributed by atoms with Crippen LogP contribution in [0.4, 0.5) is 0 Å². The van der Waals surface area contributed by atoms with Crippen LogP contribution in [0, 0.1) is 5.92 Å². The maximum atomic E-state index is 12.0. The van der Waals surface area contributed by atoms with E-state index in [9.17, 15) is 4.79 Å². The van der Waals surface area contributed by atoms with Gasteiger partial charge in [-0.3, -0.25) is 4.79 Å². The summed E-state index contributed by atoms with van der Waals surface area (Å²) in [6.45, 7) is 5.85. The fraction of sp³-hybridized carbons (Fsp3) is 0.917. The molecule has 1 saturated heterocycles. The van der Waals surface area contributed by atoms with E-state index < -0.39 is 0 Å². The lowest BCUT2D eigenvalue weighted by Gasteiger charge is -2.20. The van der Waals surface area contributed by atoms with E-state index in [4.69, 9.17) is 5.73 Å². The maximum absolute atomic E-state index is 12.0. The molecule has 0 spiro atoms. The lowest BCUT2D eigenvalue weighted by atomic mass is 10.0. The molecule has 15 heavy (non-hydrogen) atoms. The van der Waals surface area contributed by atoms with E-state index in [-0.39, 0.29) is 12.0 Å². The first-order valence-corrected chi connectivity index (χ1v) is 6.19. The molecule has 2 N–H and O–H groups in total. The first-order chi connectivity index (χ1) is 7.15. The molecule has 0 radical (unpaired) electrons. The normalized spacial score (nSPS) is 23.1. The molecule has 0 aromatic heterocycles. The van der Waals surface area contributed by atoms with Crippen LogP contribution < -0.4 is 5.73 Å². The molecule has 0 aromatic rings. The van der Waals surface area contributed by atoms with Crippen molar-refractivity contribution in [3.8, 4) is 0 Å². The van der Waals surface area contributed by atoms with Crippen molar-refractivity contribution in [1.29, 1.82) is 0 Å². The fourth-order valence-corrected chi connectivity index (χ4v) is 2.12. The first kappa shape index (κ1) is 12.5. The minimum absolute atomic E-state index is 0.182. The number of hydrogen-bond acceptors (Lipinski definition) is 2. The van der Waals surface area contributed by atoms with Crippen LogP contribution >= 0.6 is 0 Å². The third-order valence-electron chi connectivity index (χ3n) is 3.20. The number of rotatable bonds is 5. The van der Waals surface area contributed by atoms with Gasteiger partial charge in [-0.25, -0.2) is 0 Å². The van der Waals surface area contributed by atoms with Gasteiger partial charge in [0.15, 0.2) is 0 Å². The van der Waals surface area contributed by atoms with Crippen molar-refractivity contribution in [2.45, 2.75) is 52.0 Å². The molecule has 0 aliphatic carbocycles. The number of hydrogen-bond donors (Lipinski definition) is 1. The highest BCUT2D eigenvalue weighted by atomic mass is 16.2. The van der Waals surface area contributed by atoms with Gasteiger partial charge in [0.2, 0.25) is 5.91 Å². The van der Waals surface area contributed by atoms with Crippen molar-refractivity contribution in [1.82, 2.24) is 4.90 Å². The quantitative estimate of drug-likeness (QED) is 0.706. The Kier molecular flexibility index (Phi) is 5.09. The molecule has 3 heteroatoms. The Morgan fingerprint density at radius 1 is 1.53 bits per heavy atom. The predicted octanol–water partition coefficient (Wildman–Crippen LogP) is 1.76. The minimum atomic E-state index is 0.182. The molecule has 2 atom stereocenters. The summed E-state index contributed by atoms with van der Waals surface area (Å²) in [7, 11) is 0. The number of likely N-dealkylation sites (tertiary alicyclic amines) is 1. The molecule has 1 amide bonds. The fourth-order valence-electron chi connectivity index (χ4n) is 2.12. The SMILES string of the molecule is CCCCCC(C)C(=O)N1CCC(N)C1. The zero-order valence-corrected chi connectivity index (χ0v) is 10.0. The number of amides is 1.